The topological polar surface area (TPSA) is 29.1 Å². The molecule has 1 atom stereocenters. The third-order valence-electron chi connectivity index (χ3n) is 2.58. The smallest absolute Gasteiger partial charge is 0.230 e. The number of rotatable bonds is 6. The molecule has 0 saturated heterocycles. The number of hydrogen-bond donors (Lipinski definition) is 1. The highest BCUT2D eigenvalue weighted by molar-refractivity contribution is 7.99. The van der Waals surface area contributed by atoms with E-state index < -0.39 is 0 Å². The van der Waals surface area contributed by atoms with Crippen LogP contribution in [0.2, 0.25) is 0 Å². The van der Waals surface area contributed by atoms with Crippen LogP contribution in [0.5, 0.6) is 0 Å². The molecule has 16 heavy (non-hydrogen) atoms. The first-order chi connectivity index (χ1) is 7.77. The summed E-state index contributed by atoms with van der Waals surface area (Å²) >= 11 is 1.55. The molecule has 3 heteroatoms. The van der Waals surface area contributed by atoms with Gasteiger partial charge < -0.3 is 5.32 Å². The minimum atomic E-state index is 0.127. The molecule has 0 fully saturated rings. The molecule has 0 saturated carbocycles. The van der Waals surface area contributed by atoms with Gasteiger partial charge >= 0.3 is 0 Å². The van der Waals surface area contributed by atoms with Crippen LogP contribution in [0, 0.1) is 0 Å². The van der Waals surface area contributed by atoms with E-state index >= 15 is 0 Å². The highest BCUT2D eigenvalue weighted by atomic mass is 32.2. The van der Waals surface area contributed by atoms with Crippen LogP contribution in [-0.4, -0.2) is 24.5 Å². The Balaban J connectivity index is 2.47. The third-order valence-corrected chi connectivity index (χ3v) is 3.14. The van der Waals surface area contributed by atoms with Crippen LogP contribution in [0.3, 0.4) is 0 Å². The number of thioether (sulfide) groups is 1. The monoisotopic (exact) mass is 237 g/mol. The van der Waals surface area contributed by atoms with Crippen molar-refractivity contribution in [1.82, 2.24) is 5.32 Å². The Kier molecular flexibility index (Phi) is 6.01. The SMILES string of the molecule is CCC(CNC(=O)CSC)c1ccccc1. The average molecular weight is 237 g/mol. The zero-order valence-electron chi connectivity index (χ0n) is 9.90. The molecule has 0 spiro atoms. The Morgan fingerprint density at radius 3 is 2.62 bits per heavy atom. The molecule has 0 aliphatic heterocycles. The molecule has 1 N–H and O–H groups in total. The second kappa shape index (κ2) is 7.34. The van der Waals surface area contributed by atoms with E-state index in [1.807, 2.05) is 24.5 Å². The van der Waals surface area contributed by atoms with Crippen LogP contribution in [0.15, 0.2) is 30.3 Å². The van der Waals surface area contributed by atoms with Crippen LogP contribution >= 0.6 is 11.8 Å². The van der Waals surface area contributed by atoms with Gasteiger partial charge in [-0.05, 0) is 18.2 Å². The molecule has 0 aliphatic carbocycles. The van der Waals surface area contributed by atoms with E-state index in [2.05, 4.69) is 24.4 Å². The van der Waals surface area contributed by atoms with Crippen LogP contribution in [-0.2, 0) is 4.79 Å². The van der Waals surface area contributed by atoms with Gasteiger partial charge in [-0.2, -0.15) is 11.8 Å². The summed E-state index contributed by atoms with van der Waals surface area (Å²) in [6.07, 6.45) is 2.98. The Hall–Kier alpha value is -0.960. The molecular weight excluding hydrogens is 218 g/mol. The van der Waals surface area contributed by atoms with Gasteiger partial charge in [0, 0.05) is 12.5 Å². The van der Waals surface area contributed by atoms with Crippen LogP contribution in [0.1, 0.15) is 24.8 Å². The number of carbonyl (C=O) groups excluding carboxylic acids is 1. The van der Waals surface area contributed by atoms with Crippen molar-refractivity contribution in [3.8, 4) is 0 Å². The number of nitrogens with one attached hydrogen (secondary N) is 1. The Labute approximate surface area is 102 Å². The van der Waals surface area contributed by atoms with Crippen molar-refractivity contribution in [3.05, 3.63) is 35.9 Å². The fourth-order valence-corrected chi connectivity index (χ4v) is 2.01. The zero-order valence-corrected chi connectivity index (χ0v) is 10.7. The molecule has 0 radical (unpaired) electrons. The van der Waals surface area contributed by atoms with Crippen molar-refractivity contribution < 1.29 is 4.79 Å². The van der Waals surface area contributed by atoms with E-state index in [1.54, 1.807) is 11.8 Å². The van der Waals surface area contributed by atoms with Crippen LogP contribution in [0.25, 0.3) is 0 Å². The fraction of sp³-hybridized carbons (Fsp3) is 0.462. The van der Waals surface area contributed by atoms with Crippen molar-refractivity contribution in [2.45, 2.75) is 19.3 Å². The van der Waals surface area contributed by atoms with Crippen LogP contribution in [0.4, 0.5) is 0 Å². The largest absolute Gasteiger partial charge is 0.355 e. The lowest BCUT2D eigenvalue weighted by atomic mass is 9.96. The summed E-state index contributed by atoms with van der Waals surface area (Å²) in [7, 11) is 0. The summed E-state index contributed by atoms with van der Waals surface area (Å²) < 4.78 is 0. The molecule has 1 unspecified atom stereocenters. The summed E-state index contributed by atoms with van der Waals surface area (Å²) in [6.45, 7) is 2.89. The summed E-state index contributed by atoms with van der Waals surface area (Å²) in [6, 6.07) is 10.3. The number of hydrogen-bond acceptors (Lipinski definition) is 2. The molecule has 1 aromatic carbocycles. The lowest BCUT2D eigenvalue weighted by molar-refractivity contribution is -0.118. The number of benzene rings is 1. The van der Waals surface area contributed by atoms with Gasteiger partial charge in [-0.25, -0.2) is 0 Å². The lowest BCUT2D eigenvalue weighted by Crippen LogP contribution is -2.29. The summed E-state index contributed by atoms with van der Waals surface area (Å²) in [5.41, 5.74) is 1.30. The van der Waals surface area contributed by atoms with Gasteiger partial charge in [-0.3, -0.25) is 4.79 Å². The second-order valence-electron chi connectivity index (χ2n) is 3.75. The van der Waals surface area contributed by atoms with Crippen molar-refractivity contribution in [2.75, 3.05) is 18.6 Å². The zero-order chi connectivity index (χ0) is 11.8. The molecule has 0 bridgehead atoms. The third kappa shape index (κ3) is 4.27. The van der Waals surface area contributed by atoms with Gasteiger partial charge in [-0.1, -0.05) is 37.3 Å². The van der Waals surface area contributed by atoms with E-state index in [0.717, 1.165) is 13.0 Å². The Bertz CT molecular complexity index is 313. The first-order valence-corrected chi connectivity index (χ1v) is 6.97. The van der Waals surface area contributed by atoms with Gasteiger partial charge in [0.2, 0.25) is 5.91 Å². The number of amides is 1. The Morgan fingerprint density at radius 1 is 1.38 bits per heavy atom. The van der Waals surface area contributed by atoms with Gasteiger partial charge in [-0.15, -0.1) is 0 Å². The van der Waals surface area contributed by atoms with Crippen molar-refractivity contribution in [3.63, 3.8) is 0 Å². The van der Waals surface area contributed by atoms with Gasteiger partial charge in [0.1, 0.15) is 0 Å². The maximum atomic E-state index is 11.4. The highest BCUT2D eigenvalue weighted by Crippen LogP contribution is 2.17. The van der Waals surface area contributed by atoms with E-state index in [-0.39, 0.29) is 5.91 Å². The second-order valence-corrected chi connectivity index (χ2v) is 4.62. The highest BCUT2D eigenvalue weighted by Gasteiger charge is 2.09. The standard InChI is InChI=1S/C13H19NOS/c1-3-11(9-14-13(15)10-16-2)12-7-5-4-6-8-12/h4-8,11H,3,9-10H2,1-2H3,(H,14,15). The normalized spacial score (nSPS) is 12.1. The minimum absolute atomic E-state index is 0.127. The average Bonchev–Trinajstić information content (AvgIpc) is 2.31. The fourth-order valence-electron chi connectivity index (χ4n) is 1.64. The first kappa shape index (κ1) is 13.1. The van der Waals surface area contributed by atoms with E-state index in [1.165, 1.54) is 5.56 Å². The van der Waals surface area contributed by atoms with E-state index in [9.17, 15) is 4.79 Å². The van der Waals surface area contributed by atoms with Gasteiger partial charge in [0.25, 0.3) is 0 Å². The van der Waals surface area contributed by atoms with Gasteiger partial charge in [0.15, 0.2) is 0 Å². The Morgan fingerprint density at radius 2 is 2.06 bits per heavy atom. The molecule has 0 aromatic heterocycles. The van der Waals surface area contributed by atoms with Crippen molar-refractivity contribution in [1.29, 1.82) is 0 Å². The molecule has 0 heterocycles. The maximum absolute atomic E-state index is 11.4. The molecular formula is C13H19NOS. The molecule has 88 valence electrons. The molecule has 0 aliphatic rings. The van der Waals surface area contributed by atoms with Crippen LogP contribution < -0.4 is 5.32 Å². The maximum Gasteiger partial charge on any atom is 0.230 e. The minimum Gasteiger partial charge on any atom is -0.355 e. The summed E-state index contributed by atoms with van der Waals surface area (Å²) in [5.74, 6) is 1.10. The number of carbonyl (C=O) groups is 1. The molecule has 1 amide bonds. The molecule has 2 nitrogen and oxygen atoms in total. The van der Waals surface area contributed by atoms with Gasteiger partial charge in [0.05, 0.1) is 5.75 Å². The summed E-state index contributed by atoms with van der Waals surface area (Å²) in [4.78, 5) is 11.4. The molecule has 1 rings (SSSR count). The van der Waals surface area contributed by atoms with E-state index in [4.69, 9.17) is 0 Å². The summed E-state index contributed by atoms with van der Waals surface area (Å²) in [5, 5.41) is 2.97. The molecule has 1 aromatic rings. The predicted molar refractivity (Wildman–Crippen MR) is 70.9 cm³/mol. The first-order valence-electron chi connectivity index (χ1n) is 5.58. The van der Waals surface area contributed by atoms with Crippen molar-refractivity contribution >= 4 is 17.7 Å². The van der Waals surface area contributed by atoms with E-state index in [0.29, 0.717) is 11.7 Å². The van der Waals surface area contributed by atoms with Crippen molar-refractivity contribution in [2.24, 2.45) is 0 Å². The lowest BCUT2D eigenvalue weighted by Gasteiger charge is -2.15. The quantitative estimate of drug-likeness (QED) is 0.824. The predicted octanol–water partition coefficient (Wildman–Crippen LogP) is 2.66.